The molecule has 0 aliphatic heterocycles. The lowest BCUT2D eigenvalue weighted by molar-refractivity contribution is -0.119. The number of carbonyl (C=O) groups excluding carboxylic acids is 2. The van der Waals surface area contributed by atoms with Gasteiger partial charge in [-0.25, -0.2) is 0 Å². The predicted molar refractivity (Wildman–Crippen MR) is 99.0 cm³/mol. The predicted octanol–water partition coefficient (Wildman–Crippen LogP) is 2.63. The minimum absolute atomic E-state index is 0.0802. The molecule has 0 saturated heterocycles. The van der Waals surface area contributed by atoms with E-state index in [1.807, 2.05) is 31.2 Å². The van der Waals surface area contributed by atoms with Gasteiger partial charge in [0.15, 0.2) is 0 Å². The van der Waals surface area contributed by atoms with Crippen LogP contribution < -0.4 is 16.4 Å². The SMILES string of the molecule is Cc1cc(Br)ccc1NCC(=O)NCCc1cccc(C(N)=O)c1. The van der Waals surface area contributed by atoms with Gasteiger partial charge in [0.2, 0.25) is 11.8 Å². The zero-order valence-electron chi connectivity index (χ0n) is 13.4. The third-order valence-electron chi connectivity index (χ3n) is 3.58. The van der Waals surface area contributed by atoms with E-state index in [1.165, 1.54) is 0 Å². The summed E-state index contributed by atoms with van der Waals surface area (Å²) in [6.07, 6.45) is 0.643. The van der Waals surface area contributed by atoms with Gasteiger partial charge in [-0.2, -0.15) is 0 Å². The van der Waals surface area contributed by atoms with Crippen LogP contribution in [0.15, 0.2) is 46.9 Å². The molecular formula is C18H20BrN3O2. The highest BCUT2D eigenvalue weighted by Gasteiger charge is 2.05. The number of hydrogen-bond donors (Lipinski definition) is 3. The molecule has 2 rings (SSSR count). The number of benzene rings is 2. The van der Waals surface area contributed by atoms with Crippen molar-refractivity contribution in [2.45, 2.75) is 13.3 Å². The molecule has 2 amide bonds. The van der Waals surface area contributed by atoms with Crippen molar-refractivity contribution in [2.75, 3.05) is 18.4 Å². The topological polar surface area (TPSA) is 84.2 Å². The summed E-state index contributed by atoms with van der Waals surface area (Å²) in [6.45, 7) is 2.70. The van der Waals surface area contributed by atoms with Crippen molar-refractivity contribution in [3.63, 3.8) is 0 Å². The molecule has 2 aromatic rings. The van der Waals surface area contributed by atoms with Gasteiger partial charge < -0.3 is 16.4 Å². The Morgan fingerprint density at radius 2 is 1.96 bits per heavy atom. The van der Waals surface area contributed by atoms with Crippen LogP contribution in [0, 0.1) is 6.92 Å². The van der Waals surface area contributed by atoms with Gasteiger partial charge >= 0.3 is 0 Å². The molecule has 0 heterocycles. The first-order chi connectivity index (χ1) is 11.5. The molecule has 126 valence electrons. The number of primary amides is 1. The molecule has 0 aliphatic carbocycles. The quantitative estimate of drug-likeness (QED) is 0.680. The third kappa shape index (κ3) is 5.38. The normalized spacial score (nSPS) is 10.2. The Morgan fingerprint density at radius 3 is 2.67 bits per heavy atom. The Kier molecular flexibility index (Phi) is 6.37. The molecule has 0 unspecified atom stereocenters. The molecule has 24 heavy (non-hydrogen) atoms. The van der Waals surface area contributed by atoms with Crippen LogP contribution in [0.5, 0.6) is 0 Å². The average molecular weight is 390 g/mol. The maximum absolute atomic E-state index is 11.9. The van der Waals surface area contributed by atoms with Crippen LogP contribution in [0.3, 0.4) is 0 Å². The standard InChI is InChI=1S/C18H20BrN3O2/c1-12-9-15(19)5-6-16(12)22-11-17(23)21-8-7-13-3-2-4-14(10-13)18(20)24/h2-6,9-10,22H,7-8,11H2,1H3,(H2,20,24)(H,21,23). The second-order valence-electron chi connectivity index (χ2n) is 5.48. The first kappa shape index (κ1) is 18.0. The molecule has 0 radical (unpaired) electrons. The van der Waals surface area contributed by atoms with E-state index in [9.17, 15) is 9.59 Å². The fraction of sp³-hybridized carbons (Fsp3) is 0.222. The molecule has 0 bridgehead atoms. The van der Waals surface area contributed by atoms with Crippen LogP contribution in [0.4, 0.5) is 5.69 Å². The van der Waals surface area contributed by atoms with Crippen LogP contribution in [-0.2, 0) is 11.2 Å². The number of amides is 2. The second kappa shape index (κ2) is 8.49. The molecule has 5 nitrogen and oxygen atoms in total. The minimum Gasteiger partial charge on any atom is -0.376 e. The van der Waals surface area contributed by atoms with Crippen LogP contribution in [0.25, 0.3) is 0 Å². The number of carbonyl (C=O) groups is 2. The van der Waals surface area contributed by atoms with Gasteiger partial charge in [-0.05, 0) is 54.8 Å². The van der Waals surface area contributed by atoms with E-state index >= 15 is 0 Å². The number of nitrogens with one attached hydrogen (secondary N) is 2. The van der Waals surface area contributed by atoms with Gasteiger partial charge in [0.05, 0.1) is 6.54 Å². The number of hydrogen-bond acceptors (Lipinski definition) is 3. The van der Waals surface area contributed by atoms with E-state index in [-0.39, 0.29) is 12.5 Å². The molecule has 0 saturated carbocycles. The van der Waals surface area contributed by atoms with E-state index in [0.717, 1.165) is 21.3 Å². The van der Waals surface area contributed by atoms with Gasteiger partial charge in [-0.1, -0.05) is 28.1 Å². The number of anilines is 1. The van der Waals surface area contributed by atoms with Gasteiger partial charge in [-0.15, -0.1) is 0 Å². The van der Waals surface area contributed by atoms with Crippen molar-refractivity contribution in [3.05, 3.63) is 63.6 Å². The second-order valence-corrected chi connectivity index (χ2v) is 6.39. The largest absolute Gasteiger partial charge is 0.376 e. The number of nitrogens with two attached hydrogens (primary N) is 1. The number of rotatable bonds is 7. The molecule has 4 N–H and O–H groups in total. The summed E-state index contributed by atoms with van der Waals surface area (Å²) in [6, 6.07) is 13.0. The summed E-state index contributed by atoms with van der Waals surface area (Å²) in [5.41, 5.74) is 8.70. The highest BCUT2D eigenvalue weighted by atomic mass is 79.9. The Morgan fingerprint density at radius 1 is 1.17 bits per heavy atom. The van der Waals surface area contributed by atoms with Crippen LogP contribution in [0.2, 0.25) is 0 Å². The van der Waals surface area contributed by atoms with Crippen molar-refractivity contribution >= 4 is 33.4 Å². The van der Waals surface area contributed by atoms with Crippen molar-refractivity contribution in [3.8, 4) is 0 Å². The van der Waals surface area contributed by atoms with Crippen molar-refractivity contribution in [1.29, 1.82) is 0 Å². The highest BCUT2D eigenvalue weighted by Crippen LogP contribution is 2.19. The van der Waals surface area contributed by atoms with Crippen LogP contribution >= 0.6 is 15.9 Å². The van der Waals surface area contributed by atoms with Crippen LogP contribution in [-0.4, -0.2) is 24.9 Å². The van der Waals surface area contributed by atoms with Gasteiger partial charge in [0, 0.05) is 22.3 Å². The number of aryl methyl sites for hydroxylation is 1. The monoisotopic (exact) mass is 389 g/mol. The maximum atomic E-state index is 11.9. The van der Waals surface area contributed by atoms with E-state index in [1.54, 1.807) is 18.2 Å². The Balaban J connectivity index is 1.77. The minimum atomic E-state index is -0.449. The molecule has 0 atom stereocenters. The first-order valence-corrected chi connectivity index (χ1v) is 8.40. The zero-order chi connectivity index (χ0) is 17.5. The molecule has 0 spiro atoms. The van der Waals surface area contributed by atoms with Crippen molar-refractivity contribution in [2.24, 2.45) is 5.73 Å². The lowest BCUT2D eigenvalue weighted by Crippen LogP contribution is -2.31. The van der Waals surface area contributed by atoms with Gasteiger partial charge in [-0.3, -0.25) is 9.59 Å². The lowest BCUT2D eigenvalue weighted by atomic mass is 10.1. The molecule has 0 aromatic heterocycles. The van der Waals surface area contributed by atoms with Crippen molar-refractivity contribution in [1.82, 2.24) is 5.32 Å². The third-order valence-corrected chi connectivity index (χ3v) is 4.07. The zero-order valence-corrected chi connectivity index (χ0v) is 15.0. The fourth-order valence-corrected chi connectivity index (χ4v) is 2.77. The summed E-state index contributed by atoms with van der Waals surface area (Å²) in [7, 11) is 0. The lowest BCUT2D eigenvalue weighted by Gasteiger charge is -2.10. The fourth-order valence-electron chi connectivity index (χ4n) is 2.29. The van der Waals surface area contributed by atoms with Crippen molar-refractivity contribution < 1.29 is 9.59 Å². The maximum Gasteiger partial charge on any atom is 0.248 e. The van der Waals surface area contributed by atoms with Gasteiger partial charge in [0.1, 0.15) is 0 Å². The molecular weight excluding hydrogens is 370 g/mol. The first-order valence-electron chi connectivity index (χ1n) is 7.61. The summed E-state index contributed by atoms with van der Waals surface area (Å²) >= 11 is 3.41. The smallest absolute Gasteiger partial charge is 0.248 e. The van der Waals surface area contributed by atoms with Crippen LogP contribution in [0.1, 0.15) is 21.5 Å². The Labute approximate surface area is 149 Å². The van der Waals surface area contributed by atoms with E-state index < -0.39 is 5.91 Å². The summed E-state index contributed by atoms with van der Waals surface area (Å²) < 4.78 is 1.01. The summed E-state index contributed by atoms with van der Waals surface area (Å²) in [5, 5.41) is 5.97. The van der Waals surface area contributed by atoms with Gasteiger partial charge in [0.25, 0.3) is 0 Å². The molecule has 0 aliphatic rings. The highest BCUT2D eigenvalue weighted by molar-refractivity contribution is 9.10. The Bertz CT molecular complexity index is 747. The molecule has 0 fully saturated rings. The van der Waals surface area contributed by atoms with E-state index in [2.05, 4.69) is 26.6 Å². The molecule has 6 heteroatoms. The summed E-state index contributed by atoms with van der Waals surface area (Å²) in [5.74, 6) is -0.529. The Hall–Kier alpha value is -2.34. The molecule has 2 aromatic carbocycles. The number of halogens is 1. The average Bonchev–Trinajstić information content (AvgIpc) is 2.54. The van der Waals surface area contributed by atoms with E-state index in [4.69, 9.17) is 5.73 Å². The van der Waals surface area contributed by atoms with E-state index in [0.29, 0.717) is 18.5 Å². The summed E-state index contributed by atoms with van der Waals surface area (Å²) in [4.78, 5) is 23.0.